The molecule has 0 bridgehead atoms. The van der Waals surface area contributed by atoms with Crippen molar-refractivity contribution in [1.82, 2.24) is 15.2 Å². The number of rotatable bonds is 5. The minimum Gasteiger partial charge on any atom is -0.396 e. The molecule has 5 heteroatoms. The normalized spacial score (nSPS) is 23.5. The summed E-state index contributed by atoms with van der Waals surface area (Å²) in [5.74, 6) is 0.0241. The highest BCUT2D eigenvalue weighted by atomic mass is 16.3. The zero-order valence-corrected chi connectivity index (χ0v) is 12.0. The lowest BCUT2D eigenvalue weighted by atomic mass is 9.83. The number of aliphatic hydroxyl groups excluding tert-OH is 1. The minimum absolute atomic E-state index is 0.0241. The first-order valence-corrected chi connectivity index (χ1v) is 7.10. The van der Waals surface area contributed by atoms with Crippen LogP contribution in [0.3, 0.4) is 0 Å². The molecule has 0 aliphatic carbocycles. The number of aromatic nitrogens is 1. The molecule has 1 saturated heterocycles. The summed E-state index contributed by atoms with van der Waals surface area (Å²) in [5, 5.41) is 12.3. The number of piperidine rings is 1. The van der Waals surface area contributed by atoms with Gasteiger partial charge in [-0.15, -0.1) is 0 Å². The van der Waals surface area contributed by atoms with Gasteiger partial charge in [-0.05, 0) is 31.0 Å². The molecule has 1 unspecified atom stereocenters. The van der Waals surface area contributed by atoms with Gasteiger partial charge in [0, 0.05) is 37.5 Å². The topological polar surface area (TPSA) is 65.5 Å². The van der Waals surface area contributed by atoms with Gasteiger partial charge in [-0.1, -0.05) is 13.0 Å². The van der Waals surface area contributed by atoms with Gasteiger partial charge in [-0.3, -0.25) is 14.7 Å². The lowest BCUT2D eigenvalue weighted by molar-refractivity contribution is -0.123. The molecule has 110 valence electrons. The van der Waals surface area contributed by atoms with E-state index in [0.29, 0.717) is 13.1 Å². The van der Waals surface area contributed by atoms with Gasteiger partial charge in [0.25, 0.3) is 0 Å². The number of carbonyl (C=O) groups excluding carboxylic acids is 1. The monoisotopic (exact) mass is 277 g/mol. The molecule has 1 amide bonds. The summed E-state index contributed by atoms with van der Waals surface area (Å²) < 4.78 is 0. The van der Waals surface area contributed by atoms with Crippen LogP contribution in [0.25, 0.3) is 0 Å². The number of hydrogen-bond acceptors (Lipinski definition) is 4. The molecule has 0 saturated carbocycles. The molecule has 1 atom stereocenters. The van der Waals surface area contributed by atoms with Crippen LogP contribution in [0.4, 0.5) is 0 Å². The Bertz CT molecular complexity index is 438. The molecule has 2 N–H and O–H groups in total. The molecule has 5 nitrogen and oxygen atoms in total. The van der Waals surface area contributed by atoms with Crippen LogP contribution < -0.4 is 5.32 Å². The second-order valence-electron chi connectivity index (χ2n) is 5.92. The van der Waals surface area contributed by atoms with Crippen molar-refractivity contribution in [3.63, 3.8) is 0 Å². The van der Waals surface area contributed by atoms with Crippen molar-refractivity contribution in [2.75, 3.05) is 26.2 Å². The number of hydrogen-bond donors (Lipinski definition) is 2. The van der Waals surface area contributed by atoms with Crippen LogP contribution in [-0.2, 0) is 11.3 Å². The number of carbonyl (C=O) groups is 1. The van der Waals surface area contributed by atoms with E-state index in [-0.39, 0.29) is 17.9 Å². The average Bonchev–Trinajstić information content (AvgIpc) is 2.46. The number of pyridine rings is 1. The van der Waals surface area contributed by atoms with Crippen molar-refractivity contribution >= 4 is 5.91 Å². The summed E-state index contributed by atoms with van der Waals surface area (Å²) >= 11 is 0. The molecular formula is C15H23N3O2. The van der Waals surface area contributed by atoms with Gasteiger partial charge >= 0.3 is 0 Å². The lowest BCUT2D eigenvalue weighted by Crippen LogP contribution is -2.47. The van der Waals surface area contributed by atoms with E-state index in [1.165, 1.54) is 0 Å². The molecule has 20 heavy (non-hydrogen) atoms. The zero-order valence-electron chi connectivity index (χ0n) is 12.0. The van der Waals surface area contributed by atoms with Crippen molar-refractivity contribution < 1.29 is 9.90 Å². The quantitative estimate of drug-likeness (QED) is 0.835. The first kappa shape index (κ1) is 14.9. The predicted molar refractivity (Wildman–Crippen MR) is 77.0 cm³/mol. The van der Waals surface area contributed by atoms with Crippen molar-refractivity contribution in [3.8, 4) is 0 Å². The standard InChI is InChI=1S/C15H23N3O2/c1-15(12-19)5-3-7-18(11-15)10-14(20)17-9-13-4-2-6-16-8-13/h2,4,6,8,19H,3,5,7,9-12H2,1H3,(H,17,20). The summed E-state index contributed by atoms with van der Waals surface area (Å²) in [6.07, 6.45) is 5.53. The Morgan fingerprint density at radius 1 is 1.60 bits per heavy atom. The van der Waals surface area contributed by atoms with Gasteiger partial charge in [0.2, 0.25) is 5.91 Å². The Morgan fingerprint density at radius 2 is 2.45 bits per heavy atom. The smallest absolute Gasteiger partial charge is 0.234 e. The van der Waals surface area contributed by atoms with E-state index in [4.69, 9.17) is 0 Å². The summed E-state index contributed by atoms with van der Waals surface area (Å²) in [6.45, 7) is 4.88. The fourth-order valence-corrected chi connectivity index (χ4v) is 2.65. The van der Waals surface area contributed by atoms with Gasteiger partial charge in [-0.2, -0.15) is 0 Å². The molecule has 0 aromatic carbocycles. The van der Waals surface area contributed by atoms with Crippen molar-refractivity contribution in [2.45, 2.75) is 26.3 Å². The number of likely N-dealkylation sites (tertiary alicyclic amines) is 1. The van der Waals surface area contributed by atoms with Crippen LogP contribution >= 0.6 is 0 Å². The third-order valence-electron chi connectivity index (χ3n) is 3.82. The van der Waals surface area contributed by atoms with E-state index >= 15 is 0 Å². The van der Waals surface area contributed by atoms with Gasteiger partial charge in [0.1, 0.15) is 0 Å². The van der Waals surface area contributed by atoms with Crippen LogP contribution in [0.15, 0.2) is 24.5 Å². The Balaban J connectivity index is 1.77. The van der Waals surface area contributed by atoms with Crippen LogP contribution in [-0.4, -0.2) is 47.1 Å². The first-order chi connectivity index (χ1) is 9.61. The fraction of sp³-hybridized carbons (Fsp3) is 0.600. The second kappa shape index (κ2) is 6.81. The van der Waals surface area contributed by atoms with Gasteiger partial charge in [0.15, 0.2) is 0 Å². The van der Waals surface area contributed by atoms with E-state index < -0.39 is 0 Å². The van der Waals surface area contributed by atoms with Gasteiger partial charge < -0.3 is 10.4 Å². The van der Waals surface area contributed by atoms with E-state index in [1.807, 2.05) is 12.1 Å². The summed E-state index contributed by atoms with van der Waals surface area (Å²) in [5.41, 5.74) is 0.932. The average molecular weight is 277 g/mol. The van der Waals surface area contributed by atoms with Crippen molar-refractivity contribution in [3.05, 3.63) is 30.1 Å². The maximum Gasteiger partial charge on any atom is 0.234 e. The van der Waals surface area contributed by atoms with E-state index in [2.05, 4.69) is 22.1 Å². The van der Waals surface area contributed by atoms with E-state index in [1.54, 1.807) is 12.4 Å². The third-order valence-corrected chi connectivity index (χ3v) is 3.82. The van der Waals surface area contributed by atoms with Crippen LogP contribution in [0.2, 0.25) is 0 Å². The van der Waals surface area contributed by atoms with Crippen LogP contribution in [0.1, 0.15) is 25.3 Å². The van der Waals surface area contributed by atoms with Crippen LogP contribution in [0.5, 0.6) is 0 Å². The Kier molecular flexibility index (Phi) is 5.09. The molecular weight excluding hydrogens is 254 g/mol. The highest BCUT2D eigenvalue weighted by Crippen LogP contribution is 2.28. The highest BCUT2D eigenvalue weighted by molar-refractivity contribution is 5.78. The van der Waals surface area contributed by atoms with Crippen molar-refractivity contribution in [1.29, 1.82) is 0 Å². The zero-order chi connectivity index (χ0) is 14.4. The second-order valence-corrected chi connectivity index (χ2v) is 5.92. The molecule has 1 aromatic rings. The summed E-state index contributed by atoms with van der Waals surface area (Å²) in [6, 6.07) is 3.80. The van der Waals surface area contributed by atoms with Gasteiger partial charge in [0.05, 0.1) is 6.54 Å². The molecule has 2 heterocycles. The Labute approximate surface area is 120 Å². The van der Waals surface area contributed by atoms with Gasteiger partial charge in [-0.25, -0.2) is 0 Å². The molecule has 1 aromatic heterocycles. The van der Waals surface area contributed by atoms with E-state index in [9.17, 15) is 9.90 Å². The van der Waals surface area contributed by atoms with Crippen LogP contribution in [0, 0.1) is 5.41 Å². The lowest BCUT2D eigenvalue weighted by Gasteiger charge is -2.38. The molecule has 1 aliphatic rings. The molecule has 2 rings (SSSR count). The number of nitrogens with one attached hydrogen (secondary N) is 1. The molecule has 1 aliphatic heterocycles. The largest absolute Gasteiger partial charge is 0.396 e. The predicted octanol–water partition coefficient (Wildman–Crippen LogP) is 0.792. The maximum absolute atomic E-state index is 11.9. The molecule has 0 spiro atoms. The highest BCUT2D eigenvalue weighted by Gasteiger charge is 2.30. The van der Waals surface area contributed by atoms with E-state index in [0.717, 1.165) is 31.5 Å². The minimum atomic E-state index is -0.0676. The number of amides is 1. The molecule has 0 radical (unpaired) electrons. The Hall–Kier alpha value is -1.46. The summed E-state index contributed by atoms with van der Waals surface area (Å²) in [4.78, 5) is 18.1. The third kappa shape index (κ3) is 4.28. The summed E-state index contributed by atoms with van der Waals surface area (Å²) in [7, 11) is 0. The van der Waals surface area contributed by atoms with Crippen molar-refractivity contribution in [2.24, 2.45) is 5.41 Å². The first-order valence-electron chi connectivity index (χ1n) is 7.10. The number of aliphatic hydroxyl groups is 1. The SMILES string of the molecule is CC1(CO)CCCN(CC(=O)NCc2cccnc2)C1. The fourth-order valence-electron chi connectivity index (χ4n) is 2.65. The Morgan fingerprint density at radius 3 is 3.15 bits per heavy atom. The molecule has 1 fully saturated rings. The maximum atomic E-state index is 11.9. The number of nitrogens with zero attached hydrogens (tertiary/aromatic N) is 2.